The van der Waals surface area contributed by atoms with E-state index in [0.717, 1.165) is 16.8 Å². The van der Waals surface area contributed by atoms with Gasteiger partial charge in [0.25, 0.3) is 0 Å². The van der Waals surface area contributed by atoms with E-state index >= 15 is 0 Å². The topological polar surface area (TPSA) is 101 Å². The number of benzene rings is 1. The molecule has 0 bridgehead atoms. The van der Waals surface area contributed by atoms with Crippen LogP contribution in [0.25, 0.3) is 11.3 Å². The minimum Gasteiger partial charge on any atom is -0.302 e. The predicted octanol–water partition coefficient (Wildman–Crippen LogP) is 3.13. The zero-order chi connectivity index (χ0) is 20.1. The van der Waals surface area contributed by atoms with E-state index in [2.05, 4.69) is 20.0 Å². The van der Waals surface area contributed by atoms with Gasteiger partial charge in [-0.15, -0.1) is 11.3 Å². The number of nitrogens with one attached hydrogen (secondary N) is 2. The van der Waals surface area contributed by atoms with Crippen LogP contribution in [0.15, 0.2) is 53.0 Å². The van der Waals surface area contributed by atoms with Gasteiger partial charge in [0.1, 0.15) is 0 Å². The van der Waals surface area contributed by atoms with Crippen molar-refractivity contribution < 1.29 is 13.2 Å². The molecule has 7 nitrogen and oxygen atoms in total. The number of amides is 1. The van der Waals surface area contributed by atoms with Crippen molar-refractivity contribution in [1.82, 2.24) is 14.7 Å². The van der Waals surface area contributed by atoms with Crippen LogP contribution in [0.4, 0.5) is 5.13 Å². The summed E-state index contributed by atoms with van der Waals surface area (Å²) in [6.07, 6.45) is 3.38. The summed E-state index contributed by atoms with van der Waals surface area (Å²) in [6, 6.07) is 8.83. The highest BCUT2D eigenvalue weighted by molar-refractivity contribution is 7.89. The lowest BCUT2D eigenvalue weighted by Gasteiger charge is -2.09. The van der Waals surface area contributed by atoms with Crippen LogP contribution in [-0.2, 0) is 14.8 Å². The van der Waals surface area contributed by atoms with Crippen molar-refractivity contribution in [2.24, 2.45) is 0 Å². The second kappa shape index (κ2) is 8.59. The first-order chi connectivity index (χ1) is 13.3. The Morgan fingerprint density at radius 3 is 2.75 bits per heavy atom. The molecule has 0 aliphatic heterocycles. The number of anilines is 1. The number of aryl methyl sites for hydroxylation is 2. The summed E-state index contributed by atoms with van der Waals surface area (Å²) in [7, 11) is -3.66. The van der Waals surface area contributed by atoms with Crippen molar-refractivity contribution in [2.45, 2.75) is 25.2 Å². The molecule has 9 heteroatoms. The van der Waals surface area contributed by atoms with E-state index < -0.39 is 10.0 Å². The predicted molar refractivity (Wildman–Crippen MR) is 110 cm³/mol. The van der Waals surface area contributed by atoms with E-state index in [9.17, 15) is 13.2 Å². The second-order valence-electron chi connectivity index (χ2n) is 6.24. The van der Waals surface area contributed by atoms with Gasteiger partial charge in [-0.05, 0) is 37.6 Å². The van der Waals surface area contributed by atoms with Crippen LogP contribution in [0, 0.1) is 13.8 Å². The molecule has 28 heavy (non-hydrogen) atoms. The van der Waals surface area contributed by atoms with Crippen LogP contribution < -0.4 is 10.0 Å². The third kappa shape index (κ3) is 5.00. The standard InChI is InChI=1S/C19H20N4O3S2/c1-13-5-6-17(14(2)10-13)28(25,26)21-9-7-18(24)23-19-22-16(12-27-19)15-4-3-8-20-11-15/h3-6,8,10-12,21H,7,9H2,1-2H3,(H,22,23,24). The van der Waals surface area contributed by atoms with Gasteiger partial charge in [0, 0.05) is 36.3 Å². The number of hydrogen-bond acceptors (Lipinski definition) is 6. The third-order valence-electron chi connectivity index (χ3n) is 3.97. The van der Waals surface area contributed by atoms with Gasteiger partial charge in [-0.3, -0.25) is 9.78 Å². The molecule has 3 rings (SSSR count). The zero-order valence-corrected chi connectivity index (χ0v) is 17.1. The van der Waals surface area contributed by atoms with Crippen molar-refractivity contribution >= 4 is 32.4 Å². The Labute approximate surface area is 167 Å². The summed E-state index contributed by atoms with van der Waals surface area (Å²) in [5, 5.41) is 4.98. The molecule has 0 atom stereocenters. The SMILES string of the molecule is Cc1ccc(S(=O)(=O)NCCC(=O)Nc2nc(-c3cccnc3)cs2)c(C)c1. The molecule has 2 heterocycles. The lowest BCUT2D eigenvalue weighted by atomic mass is 10.2. The largest absolute Gasteiger partial charge is 0.302 e. The van der Waals surface area contributed by atoms with E-state index in [0.29, 0.717) is 10.7 Å². The van der Waals surface area contributed by atoms with Gasteiger partial charge in [0.15, 0.2) is 5.13 Å². The Hall–Kier alpha value is -2.62. The zero-order valence-electron chi connectivity index (χ0n) is 15.5. The van der Waals surface area contributed by atoms with Crippen molar-refractivity contribution in [3.8, 4) is 11.3 Å². The summed E-state index contributed by atoms with van der Waals surface area (Å²) < 4.78 is 27.3. The van der Waals surface area contributed by atoms with E-state index in [1.54, 1.807) is 31.5 Å². The monoisotopic (exact) mass is 416 g/mol. The lowest BCUT2D eigenvalue weighted by Crippen LogP contribution is -2.28. The fraction of sp³-hybridized carbons (Fsp3) is 0.211. The first kappa shape index (κ1) is 20.1. The molecule has 0 saturated carbocycles. The van der Waals surface area contributed by atoms with E-state index in [-0.39, 0.29) is 23.8 Å². The van der Waals surface area contributed by atoms with Gasteiger partial charge in [-0.1, -0.05) is 17.7 Å². The quantitative estimate of drug-likeness (QED) is 0.616. The molecule has 2 aromatic heterocycles. The van der Waals surface area contributed by atoms with Crippen molar-refractivity contribution in [1.29, 1.82) is 0 Å². The maximum absolute atomic E-state index is 12.4. The summed E-state index contributed by atoms with van der Waals surface area (Å²) >= 11 is 1.30. The maximum atomic E-state index is 12.4. The lowest BCUT2D eigenvalue weighted by molar-refractivity contribution is -0.116. The first-order valence-electron chi connectivity index (χ1n) is 8.58. The number of carbonyl (C=O) groups excluding carboxylic acids is 1. The fourth-order valence-electron chi connectivity index (χ4n) is 2.64. The molecular formula is C19H20N4O3S2. The normalized spacial score (nSPS) is 11.4. The average Bonchev–Trinajstić information content (AvgIpc) is 3.10. The summed E-state index contributed by atoms with van der Waals surface area (Å²) in [5.41, 5.74) is 3.25. The Bertz CT molecular complexity index is 1080. The van der Waals surface area contributed by atoms with Crippen LogP contribution >= 0.6 is 11.3 Å². The van der Waals surface area contributed by atoms with Gasteiger partial charge in [0.2, 0.25) is 15.9 Å². The molecule has 0 saturated heterocycles. The molecule has 1 aromatic carbocycles. The molecular weight excluding hydrogens is 396 g/mol. The minimum absolute atomic E-state index is 0.00230. The van der Waals surface area contributed by atoms with E-state index in [4.69, 9.17) is 0 Å². The maximum Gasteiger partial charge on any atom is 0.240 e. The molecule has 0 aliphatic rings. The summed E-state index contributed by atoms with van der Waals surface area (Å²) in [5.74, 6) is -0.310. The van der Waals surface area contributed by atoms with Crippen molar-refractivity contribution in [3.63, 3.8) is 0 Å². The second-order valence-corrected chi connectivity index (χ2v) is 8.84. The molecule has 0 aliphatic carbocycles. The summed E-state index contributed by atoms with van der Waals surface area (Å²) in [4.78, 5) is 20.7. The number of aromatic nitrogens is 2. The first-order valence-corrected chi connectivity index (χ1v) is 10.9. The number of carbonyl (C=O) groups is 1. The van der Waals surface area contributed by atoms with Crippen LogP contribution in [0.2, 0.25) is 0 Å². The fourth-order valence-corrected chi connectivity index (χ4v) is 4.63. The van der Waals surface area contributed by atoms with Gasteiger partial charge < -0.3 is 5.32 Å². The minimum atomic E-state index is -3.66. The molecule has 146 valence electrons. The van der Waals surface area contributed by atoms with Gasteiger partial charge in [-0.2, -0.15) is 0 Å². The molecule has 3 aromatic rings. The number of sulfonamides is 1. The van der Waals surface area contributed by atoms with Crippen LogP contribution in [0.5, 0.6) is 0 Å². The Morgan fingerprint density at radius 1 is 1.21 bits per heavy atom. The van der Waals surface area contributed by atoms with E-state index in [1.807, 2.05) is 30.5 Å². The highest BCUT2D eigenvalue weighted by atomic mass is 32.2. The third-order valence-corrected chi connectivity index (χ3v) is 6.35. The Balaban J connectivity index is 1.54. The number of thiazole rings is 1. The molecule has 1 amide bonds. The Kier molecular flexibility index (Phi) is 6.18. The van der Waals surface area contributed by atoms with Gasteiger partial charge in [0.05, 0.1) is 10.6 Å². The molecule has 0 radical (unpaired) electrons. The highest BCUT2D eigenvalue weighted by Gasteiger charge is 2.17. The number of nitrogens with zero attached hydrogens (tertiary/aromatic N) is 2. The van der Waals surface area contributed by atoms with Crippen molar-refractivity contribution in [3.05, 3.63) is 59.2 Å². The van der Waals surface area contributed by atoms with E-state index in [1.165, 1.54) is 11.3 Å². The van der Waals surface area contributed by atoms with Gasteiger partial charge in [-0.25, -0.2) is 18.1 Å². The molecule has 0 spiro atoms. The van der Waals surface area contributed by atoms with Gasteiger partial charge >= 0.3 is 0 Å². The van der Waals surface area contributed by atoms with Crippen LogP contribution in [0.1, 0.15) is 17.5 Å². The smallest absolute Gasteiger partial charge is 0.240 e. The number of pyridine rings is 1. The van der Waals surface area contributed by atoms with Crippen molar-refractivity contribution in [2.75, 3.05) is 11.9 Å². The van der Waals surface area contributed by atoms with Crippen LogP contribution in [0.3, 0.4) is 0 Å². The van der Waals surface area contributed by atoms with Crippen LogP contribution in [-0.4, -0.2) is 30.8 Å². The highest BCUT2D eigenvalue weighted by Crippen LogP contribution is 2.24. The molecule has 0 unspecified atom stereocenters. The Morgan fingerprint density at radius 2 is 2.04 bits per heavy atom. The number of hydrogen-bond donors (Lipinski definition) is 2. The average molecular weight is 417 g/mol. The molecule has 0 fully saturated rings. The summed E-state index contributed by atoms with van der Waals surface area (Å²) in [6.45, 7) is 3.65. The molecule has 2 N–H and O–H groups in total. The number of rotatable bonds is 7.